The molecule has 0 radical (unpaired) electrons. The highest BCUT2D eigenvalue weighted by Crippen LogP contribution is 2.51. The minimum absolute atomic E-state index is 0.0358. The van der Waals surface area contributed by atoms with Crippen molar-refractivity contribution in [3.63, 3.8) is 0 Å². The van der Waals surface area contributed by atoms with Crippen LogP contribution in [0.1, 0.15) is 52.7 Å². The van der Waals surface area contributed by atoms with E-state index in [-0.39, 0.29) is 17.5 Å². The Morgan fingerprint density at radius 3 is 1.23 bits per heavy atom. The van der Waals surface area contributed by atoms with Gasteiger partial charge in [-0.25, -0.2) is 0 Å². The number of aromatic nitrogens is 1. The Bertz CT molecular complexity index is 4110. The monoisotopic (exact) mass is 885 g/mol. The Balaban J connectivity index is 1.16. The topological polar surface area (TPSA) is 11.4 Å². The van der Waals surface area contributed by atoms with Gasteiger partial charge in [-0.1, -0.05) is 187 Å². The third-order valence-corrected chi connectivity index (χ3v) is 15.8. The van der Waals surface area contributed by atoms with Crippen molar-refractivity contribution in [2.75, 3.05) is 9.80 Å². The minimum atomic E-state index is -0.0668. The maximum atomic E-state index is 2.65. The molecule has 0 saturated heterocycles. The smallest absolute Gasteiger partial charge is 0.255 e. The predicted octanol–water partition coefficient (Wildman–Crippen LogP) is 15.8. The molecule has 0 saturated carbocycles. The van der Waals surface area contributed by atoms with Crippen molar-refractivity contribution < 1.29 is 0 Å². The summed E-state index contributed by atoms with van der Waals surface area (Å²) in [5.41, 5.74) is 13.9. The molecule has 1 aromatic heterocycles. The molecule has 0 N–H and O–H groups in total. The summed E-state index contributed by atoms with van der Waals surface area (Å²) in [5, 5.41) is 16.6. The van der Waals surface area contributed by atoms with Gasteiger partial charge in [0.05, 0.1) is 11.4 Å². The Morgan fingerprint density at radius 2 is 0.725 bits per heavy atom. The molecule has 0 spiro atoms. The average molecular weight is 886 g/mol. The van der Waals surface area contributed by atoms with Crippen molar-refractivity contribution in [2.24, 2.45) is 7.05 Å². The van der Waals surface area contributed by atoms with Crippen LogP contribution in [0.25, 0.3) is 75.5 Å². The van der Waals surface area contributed by atoms with E-state index in [1.165, 1.54) is 137 Å². The van der Waals surface area contributed by atoms with E-state index in [2.05, 4.69) is 251 Å². The van der Waals surface area contributed by atoms with Crippen LogP contribution in [0.4, 0.5) is 34.3 Å². The largest absolute Gasteiger partial charge is 0.330 e. The fourth-order valence-corrected chi connectivity index (χ4v) is 12.6. The van der Waals surface area contributed by atoms with E-state index in [9.17, 15) is 0 Å². The first-order valence-corrected chi connectivity index (χ1v) is 24.6. The van der Waals surface area contributed by atoms with E-state index >= 15 is 0 Å². The van der Waals surface area contributed by atoms with Gasteiger partial charge in [-0.3, -0.25) is 4.90 Å². The van der Waals surface area contributed by atoms with Crippen LogP contribution in [-0.4, -0.2) is 11.3 Å². The fraction of sp³-hybridized carbons (Fsp3) is 0.138. The third kappa shape index (κ3) is 5.52. The lowest BCUT2D eigenvalue weighted by Gasteiger charge is -2.44. The van der Waals surface area contributed by atoms with Gasteiger partial charge in [-0.15, -0.1) is 0 Å². The molecule has 3 nitrogen and oxygen atoms in total. The zero-order valence-electron chi connectivity index (χ0n) is 40.3. The molecule has 12 aromatic rings. The fourth-order valence-electron chi connectivity index (χ4n) is 12.6. The standard InChI is InChI=1S/C65H52BN3/c1-64(2,3)39-33-35-53-51(37-39)61-63(67(53)7)69(56-30-17-28-50-46-22-11-9-20-42(46)44-24-13-15-26-48(44)60(50)56)58-32-18-31-57-62(58)66(61)52-38-40(65(4,5)6)34-36-54(52)68(57)55-29-16-27-49-45-21-10-8-19-41(45)43-23-12-14-25-47(43)59(49)55/h8-38H,1-7H3. The van der Waals surface area contributed by atoms with E-state index in [1.807, 2.05) is 0 Å². The molecule has 4 heteroatoms. The van der Waals surface area contributed by atoms with Crippen LogP contribution in [0.5, 0.6) is 0 Å². The number of hydrogen-bond acceptors (Lipinski definition) is 2. The minimum Gasteiger partial charge on any atom is -0.330 e. The highest BCUT2D eigenvalue weighted by Gasteiger charge is 2.47. The summed E-state index contributed by atoms with van der Waals surface area (Å²) in [4.78, 5) is 5.27. The average Bonchev–Trinajstić information content (AvgIpc) is 3.66. The number of rotatable bonds is 2. The predicted molar refractivity (Wildman–Crippen MR) is 299 cm³/mol. The highest BCUT2D eigenvalue weighted by molar-refractivity contribution is 7.01. The van der Waals surface area contributed by atoms with Gasteiger partial charge in [-0.05, 0) is 140 Å². The quantitative estimate of drug-likeness (QED) is 0.127. The second kappa shape index (κ2) is 14.1. The van der Waals surface area contributed by atoms with Crippen LogP contribution in [0.3, 0.4) is 0 Å². The van der Waals surface area contributed by atoms with Crippen LogP contribution in [-0.2, 0) is 17.9 Å². The molecule has 0 unspecified atom stereocenters. The van der Waals surface area contributed by atoms with Gasteiger partial charge in [0.15, 0.2) is 0 Å². The van der Waals surface area contributed by atoms with Crippen molar-refractivity contribution in [2.45, 2.75) is 52.4 Å². The molecule has 11 aromatic carbocycles. The van der Waals surface area contributed by atoms with Crippen LogP contribution in [0.2, 0.25) is 0 Å². The molecular formula is C65H52BN3. The summed E-state index contributed by atoms with van der Waals surface area (Å²) >= 11 is 0. The van der Waals surface area contributed by atoms with E-state index in [4.69, 9.17) is 0 Å². The Hall–Kier alpha value is -7.82. The molecule has 2 aliphatic heterocycles. The van der Waals surface area contributed by atoms with Crippen LogP contribution in [0.15, 0.2) is 188 Å². The van der Waals surface area contributed by atoms with Gasteiger partial charge in [0.1, 0.15) is 5.82 Å². The summed E-state index contributed by atoms with van der Waals surface area (Å²) in [6.07, 6.45) is 0. The van der Waals surface area contributed by atoms with Crippen LogP contribution >= 0.6 is 0 Å². The summed E-state index contributed by atoms with van der Waals surface area (Å²) in [6.45, 7) is 14.0. The first-order valence-electron chi connectivity index (χ1n) is 24.6. The zero-order chi connectivity index (χ0) is 46.7. The van der Waals surface area contributed by atoms with Crippen LogP contribution < -0.4 is 26.2 Å². The normalized spacial score (nSPS) is 13.6. The Labute approximate surface area is 403 Å². The van der Waals surface area contributed by atoms with Gasteiger partial charge in [0, 0.05) is 40.4 Å². The van der Waals surface area contributed by atoms with Gasteiger partial charge >= 0.3 is 0 Å². The van der Waals surface area contributed by atoms with E-state index in [0.717, 1.165) is 0 Å². The number of benzene rings is 11. The second-order valence-corrected chi connectivity index (χ2v) is 21.7. The van der Waals surface area contributed by atoms with Gasteiger partial charge < -0.3 is 9.47 Å². The first-order chi connectivity index (χ1) is 33.5. The van der Waals surface area contributed by atoms with E-state index in [0.29, 0.717) is 0 Å². The van der Waals surface area contributed by atoms with Crippen molar-refractivity contribution in [3.8, 4) is 0 Å². The summed E-state index contributed by atoms with van der Waals surface area (Å²) in [6, 6.07) is 71.7. The number of anilines is 6. The second-order valence-electron chi connectivity index (χ2n) is 21.7. The summed E-state index contributed by atoms with van der Waals surface area (Å²) < 4.78 is 2.50. The van der Waals surface area contributed by atoms with Crippen molar-refractivity contribution in [3.05, 3.63) is 199 Å². The molecule has 0 amide bonds. The number of aryl methyl sites for hydroxylation is 1. The molecule has 0 atom stereocenters. The lowest BCUT2D eigenvalue weighted by atomic mass is 9.33. The molecule has 0 bridgehead atoms. The molecule has 330 valence electrons. The molecule has 69 heavy (non-hydrogen) atoms. The van der Waals surface area contributed by atoms with Crippen LogP contribution in [0, 0.1) is 0 Å². The Morgan fingerprint density at radius 1 is 0.333 bits per heavy atom. The van der Waals surface area contributed by atoms with E-state index < -0.39 is 0 Å². The number of hydrogen-bond donors (Lipinski definition) is 0. The summed E-state index contributed by atoms with van der Waals surface area (Å²) in [7, 11) is 2.30. The number of nitrogens with zero attached hydrogens (tertiary/aromatic N) is 3. The number of fused-ring (bicyclic) bond motifs is 18. The SMILES string of the molecule is Cn1c2c(c3cc(C(C)(C)C)ccc31)B1c3cc(C(C)(C)C)ccc3N(c3cccc4c5ccccc5c5ccccc5c34)c3cccc(c31)N2c1cccc2c3ccccc3c3ccccc3c12. The van der Waals surface area contributed by atoms with Crippen molar-refractivity contribution >= 4 is 133 Å². The lowest BCUT2D eigenvalue weighted by Crippen LogP contribution is -2.61. The lowest BCUT2D eigenvalue weighted by molar-refractivity contribution is 0.590. The van der Waals surface area contributed by atoms with Gasteiger partial charge in [0.2, 0.25) is 0 Å². The maximum Gasteiger partial charge on any atom is 0.255 e. The van der Waals surface area contributed by atoms with Gasteiger partial charge in [0.25, 0.3) is 6.71 Å². The molecule has 14 rings (SSSR count). The molecular weight excluding hydrogens is 834 g/mol. The van der Waals surface area contributed by atoms with Gasteiger partial charge in [-0.2, -0.15) is 0 Å². The van der Waals surface area contributed by atoms with Crippen molar-refractivity contribution in [1.29, 1.82) is 0 Å². The van der Waals surface area contributed by atoms with E-state index in [1.54, 1.807) is 0 Å². The molecule has 3 heterocycles. The summed E-state index contributed by atoms with van der Waals surface area (Å²) in [5.74, 6) is 1.22. The first kappa shape index (κ1) is 40.3. The zero-order valence-corrected chi connectivity index (χ0v) is 40.3. The maximum absolute atomic E-state index is 2.65. The third-order valence-electron chi connectivity index (χ3n) is 15.8. The molecule has 2 aliphatic rings. The Kier molecular flexibility index (Phi) is 8.24. The van der Waals surface area contributed by atoms with Crippen molar-refractivity contribution in [1.82, 2.24) is 4.57 Å². The molecule has 0 aliphatic carbocycles. The molecule has 0 fully saturated rings. The highest BCUT2D eigenvalue weighted by atomic mass is 15.3.